The van der Waals surface area contributed by atoms with E-state index in [0.717, 1.165) is 11.6 Å². The number of carbonyl (C=O) groups is 2. The lowest BCUT2D eigenvalue weighted by Crippen LogP contribution is -2.22. The molecule has 0 atom stereocenters. The molecule has 0 aliphatic carbocycles. The summed E-state index contributed by atoms with van der Waals surface area (Å²) < 4.78 is 36.8. The summed E-state index contributed by atoms with van der Waals surface area (Å²) in [7, 11) is 0. The van der Waals surface area contributed by atoms with Crippen LogP contribution in [0.5, 0.6) is 0 Å². The van der Waals surface area contributed by atoms with Crippen molar-refractivity contribution in [3.8, 4) is 0 Å². The summed E-state index contributed by atoms with van der Waals surface area (Å²) in [5.41, 5.74) is 0.869. The van der Waals surface area contributed by atoms with Gasteiger partial charge < -0.3 is 5.32 Å². The van der Waals surface area contributed by atoms with Crippen molar-refractivity contribution >= 4 is 23.0 Å². The van der Waals surface area contributed by atoms with Gasteiger partial charge in [0.2, 0.25) is 0 Å². The van der Waals surface area contributed by atoms with E-state index in [4.69, 9.17) is 0 Å². The third-order valence-corrected chi connectivity index (χ3v) is 3.69. The van der Waals surface area contributed by atoms with Crippen LogP contribution >= 0.6 is 11.3 Å². The molecule has 7 heteroatoms. The molecule has 21 heavy (non-hydrogen) atoms. The fraction of sp³-hybridized carbons (Fsp3) is 0.143. The quantitative estimate of drug-likeness (QED) is 0.879. The lowest BCUT2D eigenvalue weighted by atomic mass is 10.2. The number of hydrogen-bond donors (Lipinski definition) is 1. The predicted molar refractivity (Wildman–Crippen MR) is 72.3 cm³/mol. The van der Waals surface area contributed by atoms with Crippen LogP contribution in [0.1, 0.15) is 24.9 Å². The van der Waals surface area contributed by atoms with Gasteiger partial charge >= 0.3 is 6.18 Å². The van der Waals surface area contributed by atoms with Gasteiger partial charge in [-0.05, 0) is 17.7 Å². The molecule has 0 fully saturated rings. The Kier molecular flexibility index (Phi) is 4.42. The average molecular weight is 313 g/mol. The molecule has 1 amide bonds. The number of ketones is 1. The minimum Gasteiger partial charge on any atom is -0.347 e. The molecule has 0 saturated carbocycles. The number of nitrogens with one attached hydrogen (secondary N) is 1. The molecule has 1 aromatic heterocycles. The summed E-state index contributed by atoms with van der Waals surface area (Å²) in [6.45, 7) is 0.264. The van der Waals surface area contributed by atoms with Gasteiger partial charge in [-0.15, -0.1) is 11.3 Å². The third kappa shape index (κ3) is 3.91. The number of alkyl halides is 3. The van der Waals surface area contributed by atoms with Crippen molar-refractivity contribution in [2.24, 2.45) is 0 Å². The highest BCUT2D eigenvalue weighted by Crippen LogP contribution is 2.26. The smallest absolute Gasteiger partial charge is 0.347 e. The maximum atomic E-state index is 12.3. The van der Waals surface area contributed by atoms with Crippen molar-refractivity contribution in [1.82, 2.24) is 5.32 Å². The molecule has 0 aliphatic rings. The number of amides is 1. The van der Waals surface area contributed by atoms with Crippen molar-refractivity contribution in [2.45, 2.75) is 12.7 Å². The molecule has 1 heterocycles. The number of carbonyl (C=O) groups excluding carboxylic acids is 2. The lowest BCUT2D eigenvalue weighted by Gasteiger charge is -2.03. The first kappa shape index (κ1) is 15.2. The zero-order valence-electron chi connectivity index (χ0n) is 10.6. The van der Waals surface area contributed by atoms with Crippen LogP contribution in [0.3, 0.4) is 0 Å². The highest BCUT2D eigenvalue weighted by molar-refractivity contribution is 7.16. The number of rotatable bonds is 4. The first-order valence-corrected chi connectivity index (χ1v) is 6.73. The van der Waals surface area contributed by atoms with Crippen molar-refractivity contribution in [2.75, 3.05) is 0 Å². The molecule has 0 bridgehead atoms. The maximum absolute atomic E-state index is 12.3. The van der Waals surface area contributed by atoms with Gasteiger partial charge in [-0.1, -0.05) is 30.3 Å². The summed E-state index contributed by atoms with van der Waals surface area (Å²) >= 11 is 0.530. The van der Waals surface area contributed by atoms with Crippen molar-refractivity contribution in [3.05, 3.63) is 57.8 Å². The van der Waals surface area contributed by atoms with Crippen molar-refractivity contribution in [1.29, 1.82) is 0 Å². The van der Waals surface area contributed by atoms with Gasteiger partial charge in [0, 0.05) is 6.54 Å². The summed E-state index contributed by atoms with van der Waals surface area (Å²) in [4.78, 5) is 22.4. The van der Waals surface area contributed by atoms with Crippen molar-refractivity contribution < 1.29 is 22.8 Å². The van der Waals surface area contributed by atoms with Crippen LogP contribution < -0.4 is 5.32 Å². The first-order valence-electron chi connectivity index (χ1n) is 5.91. The summed E-state index contributed by atoms with van der Waals surface area (Å²) in [5, 5.41) is 2.59. The second kappa shape index (κ2) is 6.09. The Bertz CT molecular complexity index is 650. The van der Waals surface area contributed by atoms with Crippen LogP contribution in [0, 0.1) is 0 Å². The number of benzene rings is 1. The fourth-order valence-corrected chi connectivity index (χ4v) is 2.47. The van der Waals surface area contributed by atoms with Crippen LogP contribution in [0.15, 0.2) is 42.5 Å². The molecule has 2 rings (SSSR count). The normalized spacial score (nSPS) is 11.2. The van der Waals surface area contributed by atoms with E-state index in [1.54, 1.807) is 0 Å². The molecular weight excluding hydrogens is 303 g/mol. The van der Waals surface area contributed by atoms with E-state index in [1.807, 2.05) is 30.3 Å². The molecule has 1 N–H and O–H groups in total. The molecule has 0 aliphatic heterocycles. The topological polar surface area (TPSA) is 46.2 Å². The van der Waals surface area contributed by atoms with Gasteiger partial charge in [0.05, 0.1) is 9.75 Å². The average Bonchev–Trinajstić information content (AvgIpc) is 2.93. The number of hydrogen-bond acceptors (Lipinski definition) is 3. The van der Waals surface area contributed by atoms with Crippen LogP contribution in [0.4, 0.5) is 13.2 Å². The largest absolute Gasteiger partial charge is 0.455 e. The Morgan fingerprint density at radius 2 is 1.62 bits per heavy atom. The summed E-state index contributed by atoms with van der Waals surface area (Å²) in [6, 6.07) is 11.3. The standard InChI is InChI=1S/C14H10F3NO2S/c15-14(16,17)12(19)10-6-7-11(21-10)13(20)18-8-9-4-2-1-3-5-9/h1-7H,8H2,(H,18,20). The van der Waals surface area contributed by atoms with E-state index in [-0.39, 0.29) is 11.4 Å². The highest BCUT2D eigenvalue weighted by atomic mass is 32.1. The monoisotopic (exact) mass is 313 g/mol. The molecule has 0 spiro atoms. The summed E-state index contributed by atoms with van der Waals surface area (Å²) in [6.07, 6.45) is -4.93. The zero-order chi connectivity index (χ0) is 15.5. The molecule has 0 radical (unpaired) electrons. The number of Topliss-reactive ketones (excluding diaryl/α,β-unsaturated/α-hetero) is 1. The predicted octanol–water partition coefficient (Wildman–Crippen LogP) is 3.42. The second-order valence-corrected chi connectivity index (χ2v) is 5.24. The fourth-order valence-electron chi connectivity index (χ4n) is 1.59. The van der Waals surface area contributed by atoms with E-state index in [0.29, 0.717) is 11.3 Å². The summed E-state index contributed by atoms with van der Waals surface area (Å²) in [5.74, 6) is -2.44. The molecule has 3 nitrogen and oxygen atoms in total. The van der Waals surface area contributed by atoms with Gasteiger partial charge in [0.1, 0.15) is 0 Å². The Labute approximate surface area is 122 Å². The zero-order valence-corrected chi connectivity index (χ0v) is 11.4. The third-order valence-electron chi connectivity index (χ3n) is 2.61. The van der Waals surface area contributed by atoms with Crippen LogP contribution in [-0.2, 0) is 6.54 Å². The van der Waals surface area contributed by atoms with Gasteiger partial charge in [-0.25, -0.2) is 0 Å². The maximum Gasteiger partial charge on any atom is 0.455 e. The number of halogens is 3. The van der Waals surface area contributed by atoms with Gasteiger partial charge in [0.25, 0.3) is 11.7 Å². The minimum atomic E-state index is -4.93. The SMILES string of the molecule is O=C(NCc1ccccc1)c1ccc(C(=O)C(F)(F)F)s1. The Balaban J connectivity index is 2.01. The molecule has 1 aromatic carbocycles. The molecule has 0 unspecified atom stereocenters. The molecular formula is C14H10F3NO2S. The Morgan fingerprint density at radius 3 is 2.24 bits per heavy atom. The second-order valence-electron chi connectivity index (χ2n) is 4.16. The van der Waals surface area contributed by atoms with E-state index >= 15 is 0 Å². The van der Waals surface area contributed by atoms with Gasteiger partial charge in [-0.3, -0.25) is 9.59 Å². The van der Waals surface area contributed by atoms with Gasteiger partial charge in [0.15, 0.2) is 0 Å². The highest BCUT2D eigenvalue weighted by Gasteiger charge is 2.40. The number of thiophene rings is 1. The Hall–Kier alpha value is -2.15. The van der Waals surface area contributed by atoms with Crippen LogP contribution in [0.2, 0.25) is 0 Å². The molecule has 0 saturated heterocycles. The minimum absolute atomic E-state index is 0.0681. The van der Waals surface area contributed by atoms with E-state index in [9.17, 15) is 22.8 Å². The lowest BCUT2D eigenvalue weighted by molar-refractivity contribution is -0.0882. The van der Waals surface area contributed by atoms with E-state index in [2.05, 4.69) is 5.32 Å². The van der Waals surface area contributed by atoms with E-state index in [1.165, 1.54) is 6.07 Å². The van der Waals surface area contributed by atoms with E-state index < -0.39 is 22.7 Å². The first-order chi connectivity index (χ1) is 9.88. The van der Waals surface area contributed by atoms with Crippen molar-refractivity contribution in [3.63, 3.8) is 0 Å². The van der Waals surface area contributed by atoms with Gasteiger partial charge in [-0.2, -0.15) is 13.2 Å². The Morgan fingerprint density at radius 1 is 1.00 bits per heavy atom. The molecule has 110 valence electrons. The molecule has 2 aromatic rings. The van der Waals surface area contributed by atoms with Crippen LogP contribution in [0.25, 0.3) is 0 Å². The van der Waals surface area contributed by atoms with Crippen LogP contribution in [-0.4, -0.2) is 17.9 Å².